The third kappa shape index (κ3) is 3.45. The van der Waals surface area contributed by atoms with Crippen molar-refractivity contribution in [3.63, 3.8) is 0 Å². The molecule has 168 valence electrons. The lowest BCUT2D eigenvalue weighted by Gasteiger charge is -2.42. The molecule has 2 saturated heterocycles. The summed E-state index contributed by atoms with van der Waals surface area (Å²) >= 11 is 0. The number of aromatic hydroxyl groups is 1. The fourth-order valence-electron chi connectivity index (χ4n) is 5.10. The topological polar surface area (TPSA) is 74.9 Å². The van der Waals surface area contributed by atoms with Crippen molar-refractivity contribution in [2.45, 2.75) is 37.8 Å². The number of fused-ring (bicyclic) bond motifs is 1. The second kappa shape index (κ2) is 8.22. The third-order valence-corrected chi connectivity index (χ3v) is 6.68. The van der Waals surface area contributed by atoms with Crippen LogP contribution in [0.25, 0.3) is 22.0 Å². The highest BCUT2D eigenvalue weighted by molar-refractivity contribution is 6.01. The molecule has 2 aliphatic heterocycles. The van der Waals surface area contributed by atoms with Crippen LogP contribution in [0.5, 0.6) is 5.75 Å². The minimum Gasteiger partial charge on any atom is -0.506 e. The monoisotopic (exact) mass is 438 g/mol. The van der Waals surface area contributed by atoms with Crippen LogP contribution in [0.3, 0.4) is 0 Å². The van der Waals surface area contributed by atoms with Crippen molar-refractivity contribution < 1.29 is 24.1 Å². The first-order valence-electron chi connectivity index (χ1n) is 11.1. The first-order valence-corrected chi connectivity index (χ1v) is 11.1. The summed E-state index contributed by atoms with van der Waals surface area (Å²) < 4.78 is 21.5. The van der Waals surface area contributed by atoms with Crippen LogP contribution < -0.4 is 0 Å². The van der Waals surface area contributed by atoms with Gasteiger partial charge in [-0.3, -0.25) is 4.79 Å². The molecular formula is C25H27FN2O4. The standard InChI is InChI=1S/C25H27FN2O4/c1-15(29)25(31)27-13-19(14-27)28-23(17-9-11-32-12-10-17)22(16-5-7-18(26)8-6-16)20-3-2-4-21(30)24(20)28/h2-8,15,17,19,29-30H,9-14H2,1H3/t15-/m1/s1. The maximum Gasteiger partial charge on any atom is 0.251 e. The van der Waals surface area contributed by atoms with E-state index >= 15 is 0 Å². The molecule has 3 aromatic rings. The molecule has 1 aromatic heterocycles. The first kappa shape index (κ1) is 21.0. The number of likely N-dealkylation sites (tertiary alicyclic amines) is 1. The minimum atomic E-state index is -1.03. The minimum absolute atomic E-state index is 0.0134. The molecule has 0 bridgehead atoms. The van der Waals surface area contributed by atoms with Gasteiger partial charge in [0.25, 0.3) is 5.91 Å². The molecule has 1 amide bonds. The van der Waals surface area contributed by atoms with Crippen LogP contribution in [-0.2, 0) is 9.53 Å². The number of benzene rings is 2. The Bertz CT molecular complexity index is 1140. The van der Waals surface area contributed by atoms with Gasteiger partial charge in [-0.25, -0.2) is 4.39 Å². The number of aromatic nitrogens is 1. The largest absolute Gasteiger partial charge is 0.506 e. The zero-order chi connectivity index (χ0) is 22.4. The van der Waals surface area contributed by atoms with E-state index in [9.17, 15) is 19.4 Å². The van der Waals surface area contributed by atoms with E-state index in [2.05, 4.69) is 4.57 Å². The van der Waals surface area contributed by atoms with Crippen molar-refractivity contribution in [2.75, 3.05) is 26.3 Å². The number of halogens is 1. The number of phenols is 1. The lowest BCUT2D eigenvalue weighted by Crippen LogP contribution is -2.53. The van der Waals surface area contributed by atoms with Gasteiger partial charge in [-0.15, -0.1) is 0 Å². The van der Waals surface area contributed by atoms with Crippen LogP contribution in [-0.4, -0.2) is 58.0 Å². The molecule has 2 fully saturated rings. The van der Waals surface area contributed by atoms with E-state index in [1.807, 2.05) is 12.1 Å². The number of hydrogen-bond acceptors (Lipinski definition) is 4. The number of hydrogen-bond donors (Lipinski definition) is 2. The molecule has 6 nitrogen and oxygen atoms in total. The zero-order valence-corrected chi connectivity index (χ0v) is 18.0. The van der Waals surface area contributed by atoms with E-state index in [4.69, 9.17) is 4.74 Å². The van der Waals surface area contributed by atoms with Crippen molar-refractivity contribution in [1.82, 2.24) is 9.47 Å². The van der Waals surface area contributed by atoms with Gasteiger partial charge in [-0.05, 0) is 43.5 Å². The molecule has 7 heteroatoms. The van der Waals surface area contributed by atoms with Crippen LogP contribution in [0.1, 0.15) is 37.4 Å². The van der Waals surface area contributed by atoms with E-state index in [1.54, 1.807) is 23.1 Å². The number of para-hydroxylation sites is 1. The summed E-state index contributed by atoms with van der Waals surface area (Å²) in [5, 5.41) is 21.5. The molecule has 0 saturated carbocycles. The van der Waals surface area contributed by atoms with Gasteiger partial charge < -0.3 is 24.4 Å². The average Bonchev–Trinajstić information content (AvgIpc) is 3.10. The highest BCUT2D eigenvalue weighted by atomic mass is 19.1. The number of carbonyl (C=O) groups is 1. The lowest BCUT2D eigenvalue weighted by molar-refractivity contribution is -0.145. The van der Waals surface area contributed by atoms with Crippen molar-refractivity contribution in [3.05, 3.63) is 54.0 Å². The Morgan fingerprint density at radius 1 is 1.12 bits per heavy atom. The van der Waals surface area contributed by atoms with E-state index in [0.29, 0.717) is 26.3 Å². The maximum absolute atomic E-state index is 13.7. The predicted octanol–water partition coefficient (Wildman–Crippen LogP) is 3.81. The summed E-state index contributed by atoms with van der Waals surface area (Å²) in [5.74, 6) is -0.172. The van der Waals surface area contributed by atoms with Gasteiger partial charge >= 0.3 is 0 Å². The van der Waals surface area contributed by atoms with E-state index in [0.717, 1.165) is 40.6 Å². The van der Waals surface area contributed by atoms with Crippen LogP contribution in [0.15, 0.2) is 42.5 Å². The molecule has 32 heavy (non-hydrogen) atoms. The van der Waals surface area contributed by atoms with Gasteiger partial charge in [0, 0.05) is 48.9 Å². The summed E-state index contributed by atoms with van der Waals surface area (Å²) in [6.45, 7) is 3.76. The summed E-state index contributed by atoms with van der Waals surface area (Å²) in [5.41, 5.74) is 3.74. The fraction of sp³-hybridized carbons (Fsp3) is 0.400. The zero-order valence-electron chi connectivity index (χ0n) is 18.0. The van der Waals surface area contributed by atoms with Gasteiger partial charge in [0.05, 0.1) is 11.6 Å². The van der Waals surface area contributed by atoms with Crippen LogP contribution in [0.4, 0.5) is 4.39 Å². The lowest BCUT2D eigenvalue weighted by atomic mass is 9.89. The maximum atomic E-state index is 13.7. The molecule has 2 aliphatic rings. The Labute approximate surface area is 185 Å². The van der Waals surface area contributed by atoms with Crippen molar-refractivity contribution >= 4 is 16.8 Å². The van der Waals surface area contributed by atoms with Crippen molar-refractivity contribution in [1.29, 1.82) is 0 Å². The number of phenolic OH excluding ortho intramolecular Hbond substituents is 1. The number of nitrogens with zero attached hydrogens (tertiary/aromatic N) is 2. The average molecular weight is 438 g/mol. The second-order valence-corrected chi connectivity index (χ2v) is 8.77. The summed E-state index contributed by atoms with van der Waals surface area (Å²) in [6.07, 6.45) is 0.679. The molecular weight excluding hydrogens is 411 g/mol. The number of amides is 1. The quantitative estimate of drug-likeness (QED) is 0.650. The highest BCUT2D eigenvalue weighted by Gasteiger charge is 2.38. The third-order valence-electron chi connectivity index (χ3n) is 6.68. The molecule has 2 N–H and O–H groups in total. The fourth-order valence-corrected chi connectivity index (χ4v) is 5.10. The van der Waals surface area contributed by atoms with Gasteiger partial charge in [-0.1, -0.05) is 24.3 Å². The molecule has 3 heterocycles. The van der Waals surface area contributed by atoms with Gasteiger partial charge in [0.1, 0.15) is 17.7 Å². The number of aliphatic hydroxyl groups is 1. The van der Waals surface area contributed by atoms with E-state index in [-0.39, 0.29) is 29.4 Å². The van der Waals surface area contributed by atoms with Crippen LogP contribution in [0, 0.1) is 5.82 Å². The first-order chi connectivity index (χ1) is 15.5. The van der Waals surface area contributed by atoms with E-state index in [1.165, 1.54) is 19.1 Å². The summed E-state index contributed by atoms with van der Waals surface area (Å²) in [7, 11) is 0. The Balaban J connectivity index is 1.70. The molecule has 0 radical (unpaired) electrons. The molecule has 1 atom stereocenters. The Hall–Kier alpha value is -2.90. The van der Waals surface area contributed by atoms with Gasteiger partial charge in [0.2, 0.25) is 0 Å². The van der Waals surface area contributed by atoms with E-state index < -0.39 is 6.10 Å². The molecule has 2 aromatic carbocycles. The number of carbonyl (C=O) groups excluding carboxylic acids is 1. The SMILES string of the molecule is C[C@@H](O)C(=O)N1CC(n2c(C3CCOCC3)c(-c3ccc(F)cc3)c3cccc(O)c32)C1. The second-order valence-electron chi connectivity index (χ2n) is 8.77. The Morgan fingerprint density at radius 3 is 2.47 bits per heavy atom. The summed E-state index contributed by atoms with van der Waals surface area (Å²) in [4.78, 5) is 13.9. The van der Waals surface area contributed by atoms with Crippen molar-refractivity contribution in [3.8, 4) is 16.9 Å². The molecule has 0 unspecified atom stereocenters. The number of aliphatic hydroxyl groups excluding tert-OH is 1. The Kier molecular flexibility index (Phi) is 5.39. The Morgan fingerprint density at radius 2 is 1.81 bits per heavy atom. The predicted molar refractivity (Wildman–Crippen MR) is 119 cm³/mol. The smallest absolute Gasteiger partial charge is 0.251 e. The summed E-state index contributed by atoms with van der Waals surface area (Å²) in [6, 6.07) is 12.0. The molecule has 0 spiro atoms. The van der Waals surface area contributed by atoms with Crippen LogP contribution in [0.2, 0.25) is 0 Å². The number of rotatable bonds is 4. The molecule has 0 aliphatic carbocycles. The van der Waals surface area contributed by atoms with Gasteiger partial charge in [-0.2, -0.15) is 0 Å². The molecule has 5 rings (SSSR count). The number of ether oxygens (including phenoxy) is 1. The van der Waals surface area contributed by atoms with Crippen molar-refractivity contribution in [2.24, 2.45) is 0 Å². The van der Waals surface area contributed by atoms with Gasteiger partial charge in [0.15, 0.2) is 0 Å². The van der Waals surface area contributed by atoms with Crippen LogP contribution >= 0.6 is 0 Å². The highest BCUT2D eigenvalue weighted by Crippen LogP contribution is 2.47. The normalized spacial score (nSPS) is 18.7.